The SMILES string of the molecule is C.C.C.C.C.C.O.O.O=[PH]1OOO1.O=[PH]1OOO1.O=[PH]1OOO1.O=[PH]1OOO1.O=[PH]1OOO1.O=[PH]1OOO1.[Ca][Ca][Ca][Ca][Ca][Ca][Ca].[Fe].[Fe].[Fe]. The first-order valence-corrected chi connectivity index (χ1v) is 64.0. The topological polar surface area (TPSA) is 332 Å². The van der Waals surface area contributed by atoms with Crippen molar-refractivity contribution in [3.05, 3.63) is 0 Å². The summed E-state index contributed by atoms with van der Waals surface area (Å²) in [4.78, 5) is 0. The first-order chi connectivity index (χ1) is 17.8. The van der Waals surface area contributed by atoms with E-state index in [4.69, 9.17) is 0 Å². The van der Waals surface area contributed by atoms with E-state index in [9.17, 15) is 27.4 Å². The van der Waals surface area contributed by atoms with Gasteiger partial charge in [0, 0.05) is 51.2 Å². The molecule has 0 aromatic rings. The molecule has 6 aliphatic heterocycles. The van der Waals surface area contributed by atoms with Crippen LogP contribution in [0.2, 0.25) is 0 Å². The summed E-state index contributed by atoms with van der Waals surface area (Å²) < 4.78 is 102. The first kappa shape index (κ1) is 89.8. The van der Waals surface area contributed by atoms with E-state index in [1.165, 1.54) is 0 Å². The molecule has 6 saturated heterocycles. The Morgan fingerprint density at radius 2 is 0.417 bits per heavy atom. The van der Waals surface area contributed by atoms with Crippen LogP contribution >= 0.6 is 49.5 Å². The Labute approximate surface area is 380 Å². The molecule has 42 heteroatoms. The normalized spacial score (nSPS) is 16.5. The van der Waals surface area contributed by atoms with Crippen molar-refractivity contribution in [2.75, 3.05) is 0 Å². The van der Waals surface area contributed by atoms with Crippen LogP contribution in [0.15, 0.2) is 0 Å². The van der Waals surface area contributed by atoms with Crippen LogP contribution in [0, 0.1) is 0 Å². The van der Waals surface area contributed by atoms with Crippen molar-refractivity contribution >= 4 is 172 Å². The van der Waals surface area contributed by atoms with Gasteiger partial charge in [-0.05, 0) is 0 Å². The third kappa shape index (κ3) is 68.7. The van der Waals surface area contributed by atoms with E-state index < -0.39 is 49.5 Å². The van der Waals surface area contributed by atoms with E-state index in [-0.39, 0.29) is 107 Å². The van der Waals surface area contributed by atoms with Gasteiger partial charge in [0.1, 0.15) is 0 Å². The van der Waals surface area contributed by atoms with E-state index in [1.807, 2.05) is 51.9 Å². The predicted octanol–water partition coefficient (Wildman–Crippen LogP) is 1.11. The Kier molecular flexibility index (Phi) is 130. The summed E-state index contributed by atoms with van der Waals surface area (Å²) >= 11 is 6.75. The van der Waals surface area contributed by atoms with E-state index in [0.29, 0.717) is 70.7 Å². The van der Waals surface area contributed by atoms with Crippen LogP contribution in [0.3, 0.4) is 0 Å². The van der Waals surface area contributed by atoms with Crippen LogP contribution in [-0.2, 0) is 165 Å². The fourth-order valence-electron chi connectivity index (χ4n) is 0.901. The van der Waals surface area contributed by atoms with Crippen molar-refractivity contribution < 1.29 is 176 Å². The molecule has 0 aliphatic carbocycles. The summed E-state index contributed by atoms with van der Waals surface area (Å²) in [5.74, 6) is 0. The zero-order chi connectivity index (χ0) is 27.7. The maximum absolute atomic E-state index is 9.52. The Bertz CT molecular complexity index is 581. The van der Waals surface area contributed by atoms with Gasteiger partial charge in [-0.3, -0.25) is 27.4 Å². The first-order valence-electron chi connectivity index (χ1n) is 8.67. The van der Waals surface area contributed by atoms with Gasteiger partial charge in [0.2, 0.25) is 0 Å². The van der Waals surface area contributed by atoms with Crippen LogP contribution in [0.4, 0.5) is 0 Å². The van der Waals surface area contributed by atoms with Gasteiger partial charge in [-0.15, -0.1) is 56.1 Å². The van der Waals surface area contributed by atoms with Crippen molar-refractivity contribution in [1.82, 2.24) is 0 Å². The fraction of sp³-hybridized carbons (Fsp3) is 1.00. The molecule has 0 unspecified atom stereocenters. The summed E-state index contributed by atoms with van der Waals surface area (Å²) in [6.07, 6.45) is 0. The minimum atomic E-state index is -2.17. The van der Waals surface area contributed by atoms with E-state index in [2.05, 4.69) is 86.3 Å². The van der Waals surface area contributed by atoms with Gasteiger partial charge in [0.05, 0.1) is 0 Å². The summed E-state index contributed by atoms with van der Waals surface area (Å²) in [5.41, 5.74) is 0. The van der Waals surface area contributed by atoms with Gasteiger partial charge in [0.15, 0.2) is 0 Å². The molecule has 26 nitrogen and oxygen atoms in total. The molecular weight excluding hydrogens is 1120 g/mol. The zero-order valence-corrected chi connectivity index (χ0v) is 44.6. The van der Waals surface area contributed by atoms with Crippen LogP contribution < -0.4 is 0 Å². The molecule has 48 heavy (non-hydrogen) atoms. The monoisotopic (exact) mass is 1160 g/mol. The van der Waals surface area contributed by atoms with E-state index in [0.717, 1.165) is 0 Å². The number of rotatable bonds is 4. The minimum Gasteiger partial charge on any atom is 0 e. The predicted molar refractivity (Wildman–Crippen MR) is 161 cm³/mol. The second-order valence-corrected chi connectivity index (χ2v) is 132. The molecule has 0 aromatic heterocycles. The van der Waals surface area contributed by atoms with Gasteiger partial charge in [0.25, 0.3) is 0 Å². The van der Waals surface area contributed by atoms with Crippen LogP contribution in [0.1, 0.15) is 44.6 Å². The molecule has 0 amide bonds. The smallest absolute Gasteiger partial charge is 0 e. The molecule has 0 spiro atoms. The van der Waals surface area contributed by atoms with Gasteiger partial charge in [-0.1, -0.05) is 74.8 Å². The second-order valence-electron chi connectivity index (χ2n) is 4.68. The number of hydrogen-bond acceptors (Lipinski definition) is 24. The molecule has 0 saturated carbocycles. The molecule has 6 fully saturated rings. The summed E-state index contributed by atoms with van der Waals surface area (Å²) in [7, 11) is -13.0. The average molecular weight is 1160 g/mol. The van der Waals surface area contributed by atoms with Crippen molar-refractivity contribution in [3.63, 3.8) is 0 Å². The molecule has 0 aromatic carbocycles. The van der Waals surface area contributed by atoms with Crippen molar-refractivity contribution in [1.29, 1.82) is 0 Å². The van der Waals surface area contributed by atoms with Gasteiger partial charge in [-0.2, -0.15) is 0 Å². The second kappa shape index (κ2) is 69.6. The summed E-state index contributed by atoms with van der Waals surface area (Å²) in [6, 6.07) is 0. The quantitative estimate of drug-likeness (QED) is 0.165. The molecule has 6 rings (SSSR count). The van der Waals surface area contributed by atoms with E-state index in [1.54, 1.807) is 0 Å². The molecule has 0 bridgehead atoms. The Morgan fingerprint density at radius 1 is 0.312 bits per heavy atom. The van der Waals surface area contributed by atoms with Crippen molar-refractivity contribution in [2.45, 2.75) is 44.6 Å². The van der Waals surface area contributed by atoms with Gasteiger partial charge in [-0.25, -0.2) is 0 Å². The Morgan fingerprint density at radius 3 is 0.458 bits per heavy atom. The maximum atomic E-state index is 9.52. The average Bonchev–Trinajstić information content (AvgIpc) is 2.79. The standard InChI is InChI=1S/6CH4.7Ca.3Fe.6HO4P.2H2O/c;;;;;;;;;;;;;;;;6*1-5-3-2-4-5;;/h6*1H4;;;;;;;;;;;6*5H;2*1H2. The van der Waals surface area contributed by atoms with Gasteiger partial charge < -0.3 is 11.0 Å². The Hall–Kier alpha value is 11.0. The number of hydrogen-bond donors (Lipinski definition) is 0. The molecular formula is C6H34Ca7Fe3O26P6. The summed E-state index contributed by atoms with van der Waals surface area (Å²) in [5, 5.41) is 21.4. The molecule has 6 heterocycles. The van der Waals surface area contributed by atoms with E-state index >= 15 is 0 Å². The molecule has 2 radical (unpaired) electrons. The molecule has 0 atom stereocenters. The Balaban J connectivity index is -0.0000000304. The maximum Gasteiger partial charge on any atom is 0 e. The zero-order valence-electron chi connectivity index (χ0n) is 19.8. The molecule has 6 aliphatic rings. The largest absolute Gasteiger partial charge is 0 e. The van der Waals surface area contributed by atoms with Crippen molar-refractivity contribution in [3.8, 4) is 0 Å². The third-order valence-electron chi connectivity index (χ3n) is 2.22. The van der Waals surface area contributed by atoms with Crippen LogP contribution in [-0.4, -0.2) is 134 Å². The minimum absolute atomic E-state index is 0. The summed E-state index contributed by atoms with van der Waals surface area (Å²) in [6.45, 7) is 0. The van der Waals surface area contributed by atoms with Crippen LogP contribution in [0.5, 0.6) is 0 Å². The third-order valence-corrected chi connectivity index (χ3v) is 293. The van der Waals surface area contributed by atoms with Gasteiger partial charge >= 0.3 is 172 Å². The fourth-order valence-corrected chi connectivity index (χ4v) is 633. The molecule has 282 valence electrons. The van der Waals surface area contributed by atoms with Crippen LogP contribution in [0.25, 0.3) is 0 Å². The van der Waals surface area contributed by atoms with Crippen molar-refractivity contribution in [2.24, 2.45) is 0 Å². The molecule has 4 N–H and O–H groups in total.